The molecule has 0 N–H and O–H groups in total. The monoisotopic (exact) mass is 242 g/mol. The van der Waals surface area contributed by atoms with Crippen LogP contribution < -0.4 is 0 Å². The van der Waals surface area contributed by atoms with Crippen LogP contribution in [0.15, 0.2) is 35.2 Å². The van der Waals surface area contributed by atoms with Crippen molar-refractivity contribution < 1.29 is 8.42 Å². The molecule has 0 aliphatic carbocycles. The molecule has 15 heavy (non-hydrogen) atoms. The molecule has 82 valence electrons. The third-order valence-electron chi connectivity index (χ3n) is 1.89. The van der Waals surface area contributed by atoms with Crippen molar-refractivity contribution in [2.75, 3.05) is 12.0 Å². The van der Waals surface area contributed by atoms with Gasteiger partial charge in [-0.3, -0.25) is 0 Å². The van der Waals surface area contributed by atoms with Crippen LogP contribution in [0.25, 0.3) is 6.08 Å². The number of hydrogen-bond acceptors (Lipinski definition) is 3. The first-order chi connectivity index (χ1) is 7.04. The van der Waals surface area contributed by atoms with Crippen molar-refractivity contribution in [3.8, 4) is 0 Å². The number of benzene rings is 1. The van der Waals surface area contributed by atoms with Gasteiger partial charge in [0.25, 0.3) is 0 Å². The van der Waals surface area contributed by atoms with Crippen molar-refractivity contribution in [3.05, 3.63) is 35.9 Å². The van der Waals surface area contributed by atoms with Crippen LogP contribution in [-0.4, -0.2) is 20.4 Å². The summed E-state index contributed by atoms with van der Waals surface area (Å²) in [4.78, 5) is 0.357. The van der Waals surface area contributed by atoms with Crippen molar-refractivity contribution in [2.24, 2.45) is 0 Å². The summed E-state index contributed by atoms with van der Waals surface area (Å²) in [6.07, 6.45) is 5.98. The largest absolute Gasteiger partial charge is 0.224 e. The third kappa shape index (κ3) is 4.10. The second-order valence-electron chi connectivity index (χ2n) is 3.26. The Morgan fingerprint density at radius 1 is 1.40 bits per heavy atom. The Morgan fingerprint density at radius 3 is 2.73 bits per heavy atom. The van der Waals surface area contributed by atoms with Gasteiger partial charge in [-0.25, -0.2) is 8.42 Å². The SMILES string of the molecule is CS(=O)(=O)c1cccc(C=CCCS)c1. The van der Waals surface area contributed by atoms with E-state index in [1.54, 1.807) is 18.2 Å². The summed E-state index contributed by atoms with van der Waals surface area (Å²) in [6.45, 7) is 0. The fraction of sp³-hybridized carbons (Fsp3) is 0.273. The van der Waals surface area contributed by atoms with E-state index in [0.29, 0.717) is 4.90 Å². The molecule has 0 saturated heterocycles. The molecule has 2 nitrogen and oxygen atoms in total. The molecule has 0 spiro atoms. The third-order valence-corrected chi connectivity index (χ3v) is 3.26. The maximum Gasteiger partial charge on any atom is 0.175 e. The molecular formula is C11H14O2S2. The zero-order chi connectivity index (χ0) is 11.3. The lowest BCUT2D eigenvalue weighted by Crippen LogP contribution is -1.96. The number of hydrogen-bond donors (Lipinski definition) is 1. The minimum atomic E-state index is -3.10. The molecule has 0 radical (unpaired) electrons. The van der Waals surface area contributed by atoms with E-state index in [4.69, 9.17) is 0 Å². The summed E-state index contributed by atoms with van der Waals surface area (Å²) in [5, 5.41) is 0. The van der Waals surface area contributed by atoms with Gasteiger partial charge in [0.2, 0.25) is 0 Å². The Kier molecular flexibility index (Phi) is 4.42. The van der Waals surface area contributed by atoms with Gasteiger partial charge in [-0.15, -0.1) is 0 Å². The van der Waals surface area contributed by atoms with E-state index in [1.807, 2.05) is 18.2 Å². The van der Waals surface area contributed by atoms with Crippen LogP contribution in [0, 0.1) is 0 Å². The fourth-order valence-corrected chi connectivity index (χ4v) is 1.97. The van der Waals surface area contributed by atoms with E-state index in [2.05, 4.69) is 12.6 Å². The average Bonchev–Trinajstić information content (AvgIpc) is 2.17. The molecular weight excluding hydrogens is 228 g/mol. The Bertz CT molecular complexity index is 447. The summed E-state index contributed by atoms with van der Waals surface area (Å²) in [5.41, 5.74) is 0.903. The molecule has 0 heterocycles. The van der Waals surface area contributed by atoms with E-state index < -0.39 is 9.84 Å². The highest BCUT2D eigenvalue weighted by molar-refractivity contribution is 7.90. The van der Waals surface area contributed by atoms with Crippen LogP contribution in [0.3, 0.4) is 0 Å². The molecule has 0 aromatic heterocycles. The quantitative estimate of drug-likeness (QED) is 0.823. The van der Waals surface area contributed by atoms with E-state index in [-0.39, 0.29) is 0 Å². The van der Waals surface area contributed by atoms with Crippen LogP contribution in [-0.2, 0) is 9.84 Å². The average molecular weight is 242 g/mol. The molecule has 0 aliphatic heterocycles. The topological polar surface area (TPSA) is 34.1 Å². The molecule has 0 fully saturated rings. The molecule has 0 unspecified atom stereocenters. The molecule has 0 atom stereocenters. The molecule has 1 rings (SSSR count). The second-order valence-corrected chi connectivity index (χ2v) is 5.72. The second kappa shape index (κ2) is 5.37. The normalized spacial score (nSPS) is 12.1. The summed E-state index contributed by atoms with van der Waals surface area (Å²) in [7, 11) is -3.10. The van der Waals surface area contributed by atoms with Crippen LogP contribution >= 0.6 is 12.6 Å². The van der Waals surface area contributed by atoms with Crippen LogP contribution in [0.5, 0.6) is 0 Å². The summed E-state index contributed by atoms with van der Waals surface area (Å²) < 4.78 is 22.6. The van der Waals surface area contributed by atoms with Crippen molar-refractivity contribution in [1.82, 2.24) is 0 Å². The Balaban J connectivity index is 2.94. The molecule has 1 aromatic carbocycles. The predicted molar refractivity (Wildman–Crippen MR) is 67.1 cm³/mol. The fourth-order valence-electron chi connectivity index (χ4n) is 1.14. The lowest BCUT2D eigenvalue weighted by atomic mass is 10.2. The molecule has 0 bridgehead atoms. The van der Waals surface area contributed by atoms with Crippen LogP contribution in [0.2, 0.25) is 0 Å². The van der Waals surface area contributed by atoms with Gasteiger partial charge < -0.3 is 0 Å². The minimum Gasteiger partial charge on any atom is -0.224 e. The summed E-state index contributed by atoms with van der Waals surface area (Å²) in [5.74, 6) is 0.794. The molecule has 0 aliphatic rings. The van der Waals surface area contributed by atoms with E-state index in [0.717, 1.165) is 17.7 Å². The van der Waals surface area contributed by atoms with Gasteiger partial charge in [-0.1, -0.05) is 24.3 Å². The first-order valence-corrected chi connectivity index (χ1v) is 7.14. The zero-order valence-corrected chi connectivity index (χ0v) is 10.3. The van der Waals surface area contributed by atoms with Gasteiger partial charge in [-0.2, -0.15) is 12.6 Å². The van der Waals surface area contributed by atoms with Crippen molar-refractivity contribution >= 4 is 28.5 Å². The standard InChI is InChI=1S/C11H14O2S2/c1-15(12,13)11-7-4-6-10(9-11)5-2-3-8-14/h2,4-7,9,14H,3,8H2,1H3. The van der Waals surface area contributed by atoms with Gasteiger partial charge in [0.15, 0.2) is 9.84 Å². The molecule has 0 saturated carbocycles. The van der Waals surface area contributed by atoms with Crippen molar-refractivity contribution in [2.45, 2.75) is 11.3 Å². The number of allylic oxidation sites excluding steroid dienone is 1. The van der Waals surface area contributed by atoms with Crippen LogP contribution in [0.4, 0.5) is 0 Å². The maximum atomic E-state index is 11.3. The van der Waals surface area contributed by atoms with Gasteiger partial charge in [0, 0.05) is 6.26 Å². The van der Waals surface area contributed by atoms with Crippen molar-refractivity contribution in [1.29, 1.82) is 0 Å². The number of sulfone groups is 1. The Hall–Kier alpha value is -0.740. The first kappa shape index (κ1) is 12.3. The summed E-state index contributed by atoms with van der Waals surface area (Å²) in [6, 6.07) is 6.90. The Labute approximate surface area is 96.3 Å². The smallest absolute Gasteiger partial charge is 0.175 e. The lowest BCUT2D eigenvalue weighted by Gasteiger charge is -1.99. The number of rotatable bonds is 4. The van der Waals surface area contributed by atoms with Gasteiger partial charge in [0.1, 0.15) is 0 Å². The van der Waals surface area contributed by atoms with Gasteiger partial charge >= 0.3 is 0 Å². The highest BCUT2D eigenvalue weighted by atomic mass is 32.2. The van der Waals surface area contributed by atoms with E-state index in [1.165, 1.54) is 6.26 Å². The molecule has 0 amide bonds. The predicted octanol–water partition coefficient (Wildman–Crippen LogP) is 2.42. The Morgan fingerprint density at radius 2 is 2.13 bits per heavy atom. The highest BCUT2D eigenvalue weighted by Gasteiger charge is 2.05. The zero-order valence-electron chi connectivity index (χ0n) is 8.55. The summed E-state index contributed by atoms with van der Waals surface area (Å²) >= 11 is 4.09. The lowest BCUT2D eigenvalue weighted by molar-refractivity contribution is 0.602. The minimum absolute atomic E-state index is 0.357. The van der Waals surface area contributed by atoms with Crippen molar-refractivity contribution in [3.63, 3.8) is 0 Å². The van der Waals surface area contributed by atoms with Gasteiger partial charge in [-0.05, 0) is 29.9 Å². The van der Waals surface area contributed by atoms with E-state index >= 15 is 0 Å². The highest BCUT2D eigenvalue weighted by Crippen LogP contribution is 2.12. The molecule has 1 aromatic rings. The number of thiol groups is 1. The van der Waals surface area contributed by atoms with E-state index in [9.17, 15) is 8.42 Å². The van der Waals surface area contributed by atoms with Gasteiger partial charge in [0.05, 0.1) is 4.90 Å². The maximum absolute atomic E-state index is 11.3. The molecule has 4 heteroatoms. The van der Waals surface area contributed by atoms with Crippen LogP contribution in [0.1, 0.15) is 12.0 Å². The first-order valence-electron chi connectivity index (χ1n) is 4.61.